The van der Waals surface area contributed by atoms with Gasteiger partial charge in [-0.15, -0.1) is 0 Å². The molecular formula is C14H15ClN4O2. The minimum atomic E-state index is -0.403. The van der Waals surface area contributed by atoms with E-state index in [1.54, 1.807) is 18.3 Å². The van der Waals surface area contributed by atoms with Crippen LogP contribution in [0.1, 0.15) is 24.2 Å². The van der Waals surface area contributed by atoms with Crippen LogP contribution in [0.2, 0.25) is 5.02 Å². The summed E-state index contributed by atoms with van der Waals surface area (Å²) in [6.07, 6.45) is 5.93. The lowest BCUT2D eigenvalue weighted by Gasteiger charge is -2.10. The molecule has 0 atom stereocenters. The van der Waals surface area contributed by atoms with Crippen LogP contribution in [0.5, 0.6) is 0 Å². The van der Waals surface area contributed by atoms with Gasteiger partial charge in [-0.3, -0.25) is 10.1 Å². The van der Waals surface area contributed by atoms with E-state index in [2.05, 4.69) is 10.3 Å². The number of rotatable bonds is 6. The van der Waals surface area contributed by atoms with E-state index in [-0.39, 0.29) is 5.69 Å². The number of benzene rings is 1. The number of nitro groups is 1. The van der Waals surface area contributed by atoms with Crippen molar-refractivity contribution >= 4 is 17.3 Å². The second-order valence-electron chi connectivity index (χ2n) is 5.12. The molecule has 0 amide bonds. The zero-order chi connectivity index (χ0) is 14.8. The SMILES string of the molecule is O=[N+]([O-])c1cccc(Cl)c1Cn1ccnc1CNC1CC1. The first-order valence-electron chi connectivity index (χ1n) is 6.80. The molecule has 1 aliphatic carbocycles. The van der Waals surface area contributed by atoms with E-state index >= 15 is 0 Å². The molecule has 0 saturated heterocycles. The van der Waals surface area contributed by atoms with Gasteiger partial charge in [-0.2, -0.15) is 0 Å². The van der Waals surface area contributed by atoms with E-state index in [0.717, 1.165) is 5.82 Å². The van der Waals surface area contributed by atoms with Gasteiger partial charge in [0.05, 0.1) is 28.6 Å². The summed E-state index contributed by atoms with van der Waals surface area (Å²) in [6, 6.07) is 5.32. The lowest BCUT2D eigenvalue weighted by atomic mass is 10.1. The quantitative estimate of drug-likeness (QED) is 0.658. The van der Waals surface area contributed by atoms with Crippen molar-refractivity contribution in [3.05, 3.63) is 57.1 Å². The summed E-state index contributed by atoms with van der Waals surface area (Å²) in [5.74, 6) is 0.858. The Balaban J connectivity index is 1.83. The van der Waals surface area contributed by atoms with E-state index in [0.29, 0.717) is 29.7 Å². The van der Waals surface area contributed by atoms with Crippen molar-refractivity contribution in [2.45, 2.75) is 32.0 Å². The Morgan fingerprint density at radius 2 is 2.29 bits per heavy atom. The van der Waals surface area contributed by atoms with Crippen molar-refractivity contribution in [2.75, 3.05) is 0 Å². The predicted molar refractivity (Wildman–Crippen MR) is 79.3 cm³/mol. The molecule has 0 radical (unpaired) electrons. The highest BCUT2D eigenvalue weighted by atomic mass is 35.5. The highest BCUT2D eigenvalue weighted by Crippen LogP contribution is 2.27. The summed E-state index contributed by atoms with van der Waals surface area (Å²) in [5.41, 5.74) is 0.548. The molecule has 1 heterocycles. The molecule has 1 aromatic heterocycles. The van der Waals surface area contributed by atoms with Crippen molar-refractivity contribution in [3.8, 4) is 0 Å². The average molecular weight is 307 g/mol. The molecule has 21 heavy (non-hydrogen) atoms. The van der Waals surface area contributed by atoms with Crippen LogP contribution in [0.4, 0.5) is 5.69 Å². The second kappa shape index (κ2) is 5.83. The largest absolute Gasteiger partial charge is 0.329 e. The van der Waals surface area contributed by atoms with E-state index < -0.39 is 4.92 Å². The highest BCUT2D eigenvalue weighted by molar-refractivity contribution is 6.31. The fraction of sp³-hybridized carbons (Fsp3) is 0.357. The molecule has 110 valence electrons. The van der Waals surface area contributed by atoms with Gasteiger partial charge in [0.25, 0.3) is 5.69 Å². The van der Waals surface area contributed by atoms with E-state index in [9.17, 15) is 10.1 Å². The number of imidazole rings is 1. The van der Waals surface area contributed by atoms with Crippen molar-refractivity contribution in [3.63, 3.8) is 0 Å². The van der Waals surface area contributed by atoms with Crippen LogP contribution in [0.3, 0.4) is 0 Å². The average Bonchev–Trinajstić information content (AvgIpc) is 3.18. The number of hydrogen-bond donors (Lipinski definition) is 1. The van der Waals surface area contributed by atoms with Crippen molar-refractivity contribution in [1.29, 1.82) is 0 Å². The maximum atomic E-state index is 11.1. The number of hydrogen-bond acceptors (Lipinski definition) is 4. The summed E-state index contributed by atoms with van der Waals surface area (Å²) >= 11 is 6.13. The van der Waals surface area contributed by atoms with Gasteiger partial charge in [-0.05, 0) is 18.9 Å². The maximum absolute atomic E-state index is 11.1. The monoisotopic (exact) mass is 306 g/mol. The van der Waals surface area contributed by atoms with Gasteiger partial charge in [0, 0.05) is 24.5 Å². The Hall–Kier alpha value is -1.92. The zero-order valence-corrected chi connectivity index (χ0v) is 12.1. The molecule has 0 unspecified atom stereocenters. The van der Waals surface area contributed by atoms with Gasteiger partial charge < -0.3 is 9.88 Å². The highest BCUT2D eigenvalue weighted by Gasteiger charge is 2.22. The molecule has 0 spiro atoms. The molecule has 1 aliphatic rings. The zero-order valence-electron chi connectivity index (χ0n) is 11.3. The topological polar surface area (TPSA) is 73.0 Å². The van der Waals surface area contributed by atoms with Gasteiger partial charge in [0.15, 0.2) is 0 Å². The molecule has 1 fully saturated rings. The lowest BCUT2D eigenvalue weighted by Crippen LogP contribution is -2.19. The number of nitrogens with one attached hydrogen (secondary N) is 1. The van der Waals surface area contributed by atoms with Gasteiger partial charge in [0.2, 0.25) is 0 Å². The molecule has 2 aromatic rings. The smallest absolute Gasteiger partial charge is 0.275 e. The molecule has 3 rings (SSSR count). The van der Waals surface area contributed by atoms with Crippen LogP contribution in [0.15, 0.2) is 30.6 Å². The van der Waals surface area contributed by atoms with Crippen LogP contribution >= 0.6 is 11.6 Å². The Bertz CT molecular complexity index is 667. The second-order valence-corrected chi connectivity index (χ2v) is 5.53. The minimum Gasteiger partial charge on any atom is -0.329 e. The Labute approximate surface area is 126 Å². The number of nitro benzene ring substituents is 1. The summed E-state index contributed by atoms with van der Waals surface area (Å²) in [6.45, 7) is 1.01. The van der Waals surface area contributed by atoms with E-state index in [4.69, 9.17) is 11.6 Å². The molecule has 0 aliphatic heterocycles. The Morgan fingerprint density at radius 1 is 1.48 bits per heavy atom. The molecule has 7 heteroatoms. The van der Waals surface area contributed by atoms with Crippen molar-refractivity contribution in [2.24, 2.45) is 0 Å². The Kier molecular flexibility index (Phi) is 3.90. The van der Waals surface area contributed by atoms with Crippen LogP contribution in [0, 0.1) is 10.1 Å². The minimum absolute atomic E-state index is 0.0392. The van der Waals surface area contributed by atoms with Crippen LogP contribution in [-0.2, 0) is 13.1 Å². The van der Waals surface area contributed by atoms with Gasteiger partial charge in [-0.1, -0.05) is 17.7 Å². The summed E-state index contributed by atoms with van der Waals surface area (Å²) in [5, 5.41) is 14.9. The first kappa shape index (κ1) is 14.0. The van der Waals surface area contributed by atoms with Crippen molar-refractivity contribution < 1.29 is 4.92 Å². The third-order valence-corrected chi connectivity index (χ3v) is 3.90. The van der Waals surface area contributed by atoms with Gasteiger partial charge in [0.1, 0.15) is 5.82 Å². The molecule has 6 nitrogen and oxygen atoms in total. The summed E-state index contributed by atoms with van der Waals surface area (Å²) in [4.78, 5) is 15.0. The standard InChI is InChI=1S/C14H15ClN4O2/c15-12-2-1-3-13(19(20)21)11(12)9-18-7-6-16-14(18)8-17-10-4-5-10/h1-3,6-7,10,17H,4-5,8-9H2. The van der Waals surface area contributed by atoms with Gasteiger partial charge >= 0.3 is 0 Å². The number of aromatic nitrogens is 2. The first-order chi connectivity index (χ1) is 10.1. The molecule has 1 saturated carbocycles. The van der Waals surface area contributed by atoms with Crippen LogP contribution in [0.25, 0.3) is 0 Å². The maximum Gasteiger partial charge on any atom is 0.275 e. The summed E-state index contributed by atoms with van der Waals surface area (Å²) < 4.78 is 1.89. The molecule has 0 bridgehead atoms. The third kappa shape index (κ3) is 3.22. The number of halogens is 1. The lowest BCUT2D eigenvalue weighted by molar-refractivity contribution is -0.385. The third-order valence-electron chi connectivity index (χ3n) is 3.55. The van der Waals surface area contributed by atoms with Crippen LogP contribution < -0.4 is 5.32 Å². The van der Waals surface area contributed by atoms with E-state index in [1.165, 1.54) is 18.9 Å². The fourth-order valence-corrected chi connectivity index (χ4v) is 2.45. The van der Waals surface area contributed by atoms with E-state index in [1.807, 2.05) is 10.8 Å². The normalized spacial score (nSPS) is 14.3. The molecule has 1 aromatic carbocycles. The Morgan fingerprint density at radius 3 is 3.00 bits per heavy atom. The van der Waals surface area contributed by atoms with Crippen LogP contribution in [-0.4, -0.2) is 20.5 Å². The predicted octanol–water partition coefficient (Wildman–Crippen LogP) is 2.75. The number of nitrogens with zero attached hydrogens (tertiary/aromatic N) is 3. The fourth-order valence-electron chi connectivity index (χ4n) is 2.22. The molecule has 1 N–H and O–H groups in total. The first-order valence-corrected chi connectivity index (χ1v) is 7.18. The van der Waals surface area contributed by atoms with Gasteiger partial charge in [-0.25, -0.2) is 4.98 Å². The van der Waals surface area contributed by atoms with Crippen molar-refractivity contribution in [1.82, 2.24) is 14.9 Å². The summed E-state index contributed by atoms with van der Waals surface area (Å²) in [7, 11) is 0. The molecular weight excluding hydrogens is 292 g/mol.